The molecule has 1 aromatic rings. The van der Waals surface area contributed by atoms with Crippen LogP contribution in [0.3, 0.4) is 0 Å². The van der Waals surface area contributed by atoms with E-state index in [-0.39, 0.29) is 5.78 Å². The predicted molar refractivity (Wildman–Crippen MR) is 72.3 cm³/mol. The Morgan fingerprint density at radius 3 is 2.24 bits per heavy atom. The number of Topliss-reactive ketones (excluding diaryl/α,β-unsaturated/α-hetero) is 1. The van der Waals surface area contributed by atoms with Gasteiger partial charge in [-0.15, -0.1) is 0 Å². The lowest BCUT2D eigenvalue weighted by atomic mass is 10.0. The highest BCUT2D eigenvalue weighted by Gasteiger charge is 2.26. The van der Waals surface area contributed by atoms with E-state index in [1.165, 1.54) is 6.92 Å². The first-order valence-electron chi connectivity index (χ1n) is 5.14. The van der Waals surface area contributed by atoms with Crippen LogP contribution in [0, 0.1) is 13.8 Å². The summed E-state index contributed by atoms with van der Waals surface area (Å²) in [7, 11) is -3.35. The minimum absolute atomic E-state index is 0.347. The number of ketones is 1. The molecule has 0 aromatic heterocycles. The van der Waals surface area contributed by atoms with Gasteiger partial charge < -0.3 is 0 Å². The van der Waals surface area contributed by atoms with Crippen molar-refractivity contribution in [2.24, 2.45) is 0 Å². The number of carbonyl (C=O) groups excluding carboxylic acids is 1. The van der Waals surface area contributed by atoms with Crippen LogP contribution in [-0.4, -0.2) is 25.7 Å². The molecule has 5 heteroatoms. The molecule has 0 heterocycles. The number of benzene rings is 1. The Morgan fingerprint density at radius 2 is 1.76 bits per heavy atom. The van der Waals surface area contributed by atoms with Crippen molar-refractivity contribution in [2.75, 3.05) is 6.26 Å². The minimum atomic E-state index is -3.35. The summed E-state index contributed by atoms with van der Waals surface area (Å²) in [5, 5.41) is -0.998. The van der Waals surface area contributed by atoms with Crippen LogP contribution in [-0.2, 0) is 9.84 Å². The van der Waals surface area contributed by atoms with Crippen molar-refractivity contribution in [1.29, 1.82) is 0 Å². The number of hydrogen-bond donors (Lipinski definition) is 0. The molecule has 1 rings (SSSR count). The average molecular weight is 319 g/mol. The monoisotopic (exact) mass is 318 g/mol. The molecule has 0 radical (unpaired) electrons. The third-order valence-electron chi connectivity index (χ3n) is 2.78. The first kappa shape index (κ1) is 14.4. The Labute approximate surface area is 110 Å². The molecule has 0 N–H and O–H groups in total. The zero-order valence-electron chi connectivity index (χ0n) is 10.2. The molecular formula is C12H15BrO3S. The molecule has 0 bridgehead atoms. The van der Waals surface area contributed by atoms with Crippen molar-refractivity contribution in [3.8, 4) is 0 Å². The Balaban J connectivity index is 3.27. The van der Waals surface area contributed by atoms with E-state index in [9.17, 15) is 13.2 Å². The van der Waals surface area contributed by atoms with Crippen molar-refractivity contribution in [1.82, 2.24) is 0 Å². The van der Waals surface area contributed by atoms with Crippen LogP contribution in [0.25, 0.3) is 0 Å². The third kappa shape index (κ3) is 3.16. The number of rotatable bonds is 3. The largest absolute Gasteiger partial charge is 0.293 e. The van der Waals surface area contributed by atoms with Gasteiger partial charge in [-0.1, -0.05) is 15.9 Å². The van der Waals surface area contributed by atoms with E-state index in [1.54, 1.807) is 13.0 Å². The molecule has 17 heavy (non-hydrogen) atoms. The van der Waals surface area contributed by atoms with Gasteiger partial charge in [0, 0.05) is 16.3 Å². The highest BCUT2D eigenvalue weighted by molar-refractivity contribution is 9.10. The lowest BCUT2D eigenvalue weighted by Gasteiger charge is -2.12. The quantitative estimate of drug-likeness (QED) is 0.805. The van der Waals surface area contributed by atoms with Gasteiger partial charge in [0.15, 0.2) is 15.6 Å². The van der Waals surface area contributed by atoms with Gasteiger partial charge in [0.25, 0.3) is 0 Å². The average Bonchev–Trinajstić information content (AvgIpc) is 2.20. The second-order valence-corrected chi connectivity index (χ2v) is 7.47. The van der Waals surface area contributed by atoms with Crippen molar-refractivity contribution < 1.29 is 13.2 Å². The van der Waals surface area contributed by atoms with E-state index in [2.05, 4.69) is 15.9 Å². The molecular weight excluding hydrogens is 304 g/mol. The molecule has 0 aliphatic carbocycles. The fraction of sp³-hybridized carbons (Fsp3) is 0.417. The standard InChI is InChI=1S/C12H15BrO3S/c1-7-6-11(13)8(2)5-10(7)12(14)9(3)17(4,15)16/h5-6,9H,1-4H3. The number of aryl methyl sites for hydroxylation is 2. The first-order valence-corrected chi connectivity index (χ1v) is 7.89. The maximum atomic E-state index is 12.1. The maximum Gasteiger partial charge on any atom is 0.180 e. The summed E-state index contributed by atoms with van der Waals surface area (Å²) in [5.41, 5.74) is 2.17. The van der Waals surface area contributed by atoms with Crippen LogP contribution < -0.4 is 0 Å². The summed E-state index contributed by atoms with van der Waals surface area (Å²) in [6, 6.07) is 3.56. The Bertz CT molecular complexity index is 561. The van der Waals surface area contributed by atoms with Gasteiger partial charge in [-0.2, -0.15) is 0 Å². The first-order chi connectivity index (χ1) is 7.64. The van der Waals surface area contributed by atoms with Gasteiger partial charge in [-0.25, -0.2) is 8.42 Å². The third-order valence-corrected chi connectivity index (χ3v) is 5.14. The summed E-state index contributed by atoms with van der Waals surface area (Å²) in [6.45, 7) is 5.09. The van der Waals surface area contributed by atoms with Gasteiger partial charge in [-0.3, -0.25) is 4.79 Å². The Morgan fingerprint density at radius 1 is 1.24 bits per heavy atom. The fourth-order valence-electron chi connectivity index (χ4n) is 1.46. The van der Waals surface area contributed by atoms with Crippen LogP contribution in [0.5, 0.6) is 0 Å². The van der Waals surface area contributed by atoms with Crippen molar-refractivity contribution in [3.05, 3.63) is 33.3 Å². The summed E-state index contributed by atoms with van der Waals surface area (Å²) >= 11 is 3.38. The van der Waals surface area contributed by atoms with E-state index in [0.29, 0.717) is 5.56 Å². The van der Waals surface area contributed by atoms with E-state index in [1.807, 2.05) is 13.0 Å². The molecule has 0 fully saturated rings. The molecule has 0 saturated heterocycles. The normalized spacial score (nSPS) is 13.5. The Hall–Kier alpha value is -0.680. The van der Waals surface area contributed by atoms with Gasteiger partial charge >= 0.3 is 0 Å². The van der Waals surface area contributed by atoms with Crippen LogP contribution in [0.2, 0.25) is 0 Å². The smallest absolute Gasteiger partial charge is 0.180 e. The molecule has 1 aromatic carbocycles. The summed E-state index contributed by atoms with van der Waals surface area (Å²) in [6.07, 6.45) is 1.08. The zero-order valence-corrected chi connectivity index (χ0v) is 12.6. The molecule has 0 spiro atoms. The zero-order chi connectivity index (χ0) is 13.4. The molecule has 0 aliphatic heterocycles. The number of sulfone groups is 1. The van der Waals surface area contributed by atoms with Crippen LogP contribution >= 0.6 is 15.9 Å². The lowest BCUT2D eigenvalue weighted by molar-refractivity contribution is 0.0991. The molecule has 0 saturated carbocycles. The van der Waals surface area contributed by atoms with E-state index >= 15 is 0 Å². The number of carbonyl (C=O) groups is 1. The van der Waals surface area contributed by atoms with E-state index in [4.69, 9.17) is 0 Å². The van der Waals surface area contributed by atoms with Crippen molar-refractivity contribution >= 4 is 31.6 Å². The minimum Gasteiger partial charge on any atom is -0.293 e. The molecule has 3 nitrogen and oxygen atoms in total. The van der Waals surface area contributed by atoms with Crippen molar-refractivity contribution in [2.45, 2.75) is 26.0 Å². The van der Waals surface area contributed by atoms with Crippen molar-refractivity contribution in [3.63, 3.8) is 0 Å². The van der Waals surface area contributed by atoms with Gasteiger partial charge in [-0.05, 0) is 44.0 Å². The molecule has 94 valence electrons. The number of halogens is 1. The summed E-state index contributed by atoms with van der Waals surface area (Å²) in [4.78, 5) is 12.1. The lowest BCUT2D eigenvalue weighted by Crippen LogP contribution is -2.27. The SMILES string of the molecule is Cc1cc(C(=O)C(C)S(C)(=O)=O)c(C)cc1Br. The molecule has 1 unspecified atom stereocenters. The fourth-order valence-corrected chi connectivity index (χ4v) is 2.43. The van der Waals surface area contributed by atoms with Crippen LogP contribution in [0.1, 0.15) is 28.4 Å². The predicted octanol–water partition coefficient (Wildman–Crippen LogP) is 2.68. The van der Waals surface area contributed by atoms with Gasteiger partial charge in [0.2, 0.25) is 0 Å². The second kappa shape index (κ2) is 4.90. The highest BCUT2D eigenvalue weighted by atomic mass is 79.9. The number of hydrogen-bond acceptors (Lipinski definition) is 3. The Kier molecular flexibility index (Phi) is 4.15. The molecule has 0 amide bonds. The van der Waals surface area contributed by atoms with Crippen LogP contribution in [0.15, 0.2) is 16.6 Å². The summed E-state index contributed by atoms with van der Waals surface area (Å²) < 4.78 is 23.7. The highest BCUT2D eigenvalue weighted by Crippen LogP contribution is 2.23. The molecule has 0 aliphatic rings. The molecule has 1 atom stereocenters. The van der Waals surface area contributed by atoms with E-state index in [0.717, 1.165) is 21.9 Å². The van der Waals surface area contributed by atoms with Crippen LogP contribution in [0.4, 0.5) is 0 Å². The summed E-state index contributed by atoms with van der Waals surface area (Å²) in [5.74, 6) is -0.347. The maximum absolute atomic E-state index is 12.1. The van der Waals surface area contributed by atoms with Gasteiger partial charge in [0.1, 0.15) is 5.25 Å². The topological polar surface area (TPSA) is 51.2 Å². The van der Waals surface area contributed by atoms with Gasteiger partial charge in [0.05, 0.1) is 0 Å². The van der Waals surface area contributed by atoms with E-state index < -0.39 is 15.1 Å². The second-order valence-electron chi connectivity index (χ2n) is 4.25.